The number of aromatic amines is 1. The average molecular weight is 338 g/mol. The Labute approximate surface area is 143 Å². The van der Waals surface area contributed by atoms with Crippen LogP contribution in [0.3, 0.4) is 0 Å². The quantitative estimate of drug-likeness (QED) is 0.425. The van der Waals surface area contributed by atoms with Gasteiger partial charge in [-0.1, -0.05) is 0 Å². The molecule has 0 aliphatic heterocycles. The second kappa shape index (κ2) is 6.62. The summed E-state index contributed by atoms with van der Waals surface area (Å²) in [5.41, 5.74) is 12.9. The number of carbonyl (C=O) groups is 1. The van der Waals surface area contributed by atoms with E-state index < -0.39 is 0 Å². The summed E-state index contributed by atoms with van der Waals surface area (Å²) in [6, 6.07) is 8.95. The molecule has 0 saturated carbocycles. The first kappa shape index (κ1) is 16.5. The van der Waals surface area contributed by atoms with E-state index in [1.54, 1.807) is 30.6 Å². The number of ether oxygens (including phenoxy) is 1. The second-order valence-electron chi connectivity index (χ2n) is 5.52. The van der Waals surface area contributed by atoms with Gasteiger partial charge in [-0.2, -0.15) is 0 Å². The maximum atomic E-state index is 12.2. The van der Waals surface area contributed by atoms with Crippen LogP contribution in [-0.2, 0) is 6.54 Å². The summed E-state index contributed by atoms with van der Waals surface area (Å²) in [7, 11) is 1.45. The number of hydrogen-bond donors (Lipinski definition) is 4. The molecule has 6 N–H and O–H groups in total. The van der Waals surface area contributed by atoms with Gasteiger partial charge in [0, 0.05) is 36.8 Å². The molecule has 0 spiro atoms. The van der Waals surface area contributed by atoms with E-state index in [-0.39, 0.29) is 11.9 Å². The number of aromatic nitrogens is 2. The smallest absolute Gasteiger partial charge is 0.276 e. The van der Waals surface area contributed by atoms with Crippen molar-refractivity contribution in [3.8, 4) is 11.5 Å². The third kappa shape index (κ3) is 3.43. The highest BCUT2D eigenvalue weighted by Gasteiger charge is 2.16. The van der Waals surface area contributed by atoms with Gasteiger partial charge in [0.15, 0.2) is 5.96 Å². The van der Waals surface area contributed by atoms with Gasteiger partial charge in [0.2, 0.25) is 0 Å². The Kier molecular flexibility index (Phi) is 4.36. The number of H-pyrrole nitrogens is 1. The molecule has 0 aliphatic carbocycles. The van der Waals surface area contributed by atoms with Crippen molar-refractivity contribution in [1.82, 2.24) is 14.9 Å². The van der Waals surface area contributed by atoms with Gasteiger partial charge < -0.3 is 21.2 Å². The lowest BCUT2D eigenvalue weighted by Crippen LogP contribution is -2.38. The zero-order chi connectivity index (χ0) is 18.0. The van der Waals surface area contributed by atoms with Gasteiger partial charge >= 0.3 is 0 Å². The lowest BCUT2D eigenvalue weighted by Gasteiger charge is -2.12. The molecule has 0 bridgehead atoms. The van der Waals surface area contributed by atoms with E-state index in [1.165, 1.54) is 7.05 Å². The first-order valence-electron chi connectivity index (χ1n) is 7.54. The number of fused-ring (bicyclic) bond motifs is 1. The van der Waals surface area contributed by atoms with Crippen molar-refractivity contribution in [2.45, 2.75) is 6.54 Å². The molecule has 3 aromatic rings. The number of carbonyl (C=O) groups excluding carboxylic acids is 1. The maximum Gasteiger partial charge on any atom is 0.276 e. The van der Waals surface area contributed by atoms with Gasteiger partial charge in [0.05, 0.1) is 6.20 Å². The van der Waals surface area contributed by atoms with E-state index in [9.17, 15) is 4.79 Å². The first-order valence-corrected chi connectivity index (χ1v) is 7.54. The monoisotopic (exact) mass is 338 g/mol. The van der Waals surface area contributed by atoms with Crippen LogP contribution in [-0.4, -0.2) is 33.8 Å². The molecule has 8 nitrogen and oxygen atoms in total. The highest BCUT2D eigenvalue weighted by Crippen LogP contribution is 2.26. The fraction of sp³-hybridized carbons (Fsp3) is 0.118. The summed E-state index contributed by atoms with van der Waals surface area (Å²) in [4.78, 5) is 20.4. The van der Waals surface area contributed by atoms with Crippen LogP contribution >= 0.6 is 0 Å². The molecule has 0 fully saturated rings. The highest BCUT2D eigenvalue weighted by molar-refractivity contribution is 6.05. The van der Waals surface area contributed by atoms with Crippen LogP contribution in [0.4, 0.5) is 0 Å². The Bertz CT molecular complexity index is 949. The van der Waals surface area contributed by atoms with Crippen molar-refractivity contribution in [3.63, 3.8) is 0 Å². The number of rotatable bonds is 4. The van der Waals surface area contributed by atoms with Crippen LogP contribution in [0.2, 0.25) is 0 Å². The van der Waals surface area contributed by atoms with Crippen LogP contribution in [0.5, 0.6) is 11.5 Å². The summed E-state index contributed by atoms with van der Waals surface area (Å²) in [6.45, 7) is 0.384. The van der Waals surface area contributed by atoms with E-state index in [4.69, 9.17) is 21.6 Å². The maximum absolute atomic E-state index is 12.2. The molecule has 2 aromatic heterocycles. The van der Waals surface area contributed by atoms with Crippen LogP contribution in [0.25, 0.3) is 10.9 Å². The van der Waals surface area contributed by atoms with Crippen molar-refractivity contribution >= 4 is 22.8 Å². The number of benzene rings is 1. The number of hydrogen-bond acceptors (Lipinski definition) is 5. The molecule has 25 heavy (non-hydrogen) atoms. The van der Waals surface area contributed by atoms with E-state index >= 15 is 0 Å². The Morgan fingerprint density at radius 2 is 2.08 bits per heavy atom. The van der Waals surface area contributed by atoms with Gasteiger partial charge in [-0.15, -0.1) is 0 Å². The van der Waals surface area contributed by atoms with Crippen LogP contribution in [0.15, 0.2) is 42.7 Å². The Balaban J connectivity index is 1.87. The first-order chi connectivity index (χ1) is 12.0. The molecular weight excluding hydrogens is 320 g/mol. The third-order valence-corrected chi connectivity index (χ3v) is 3.73. The second-order valence-corrected chi connectivity index (χ2v) is 5.52. The van der Waals surface area contributed by atoms with Gasteiger partial charge in [-0.25, -0.2) is 0 Å². The topological polar surface area (TPSA) is 134 Å². The third-order valence-electron chi connectivity index (χ3n) is 3.73. The fourth-order valence-electron chi connectivity index (χ4n) is 2.34. The summed E-state index contributed by atoms with van der Waals surface area (Å²) in [5, 5.41) is 8.19. The van der Waals surface area contributed by atoms with Crippen molar-refractivity contribution in [1.29, 1.82) is 5.41 Å². The molecule has 0 radical (unpaired) electrons. The lowest BCUT2D eigenvalue weighted by atomic mass is 10.2. The number of pyridine rings is 1. The standard InChI is InChI=1S/C17H18N6O2/c1-23(17(19)20)16(24)15-5-11-2-3-12(6-14(11)22-15)25-13-4-10(7-18)8-21-9-13/h2-6,8-9,22H,7,18H2,1H3,(H3,19,20). The van der Waals surface area contributed by atoms with E-state index in [0.717, 1.165) is 21.4 Å². The summed E-state index contributed by atoms with van der Waals surface area (Å²) in [5.74, 6) is 0.483. The van der Waals surface area contributed by atoms with E-state index in [2.05, 4.69) is 9.97 Å². The SMILES string of the molecule is CN(C(=N)N)C(=O)c1cc2ccc(Oc3cncc(CN)c3)cc2[nH]1. The molecule has 0 atom stereocenters. The lowest BCUT2D eigenvalue weighted by molar-refractivity contribution is 0.0864. The Morgan fingerprint density at radius 1 is 1.28 bits per heavy atom. The predicted molar refractivity (Wildman–Crippen MR) is 94.5 cm³/mol. The normalized spacial score (nSPS) is 10.6. The van der Waals surface area contributed by atoms with Crippen molar-refractivity contribution < 1.29 is 9.53 Å². The predicted octanol–water partition coefficient (Wildman–Crippen LogP) is 1.78. The minimum absolute atomic E-state index is 0.319. The van der Waals surface area contributed by atoms with Crippen LogP contribution in [0, 0.1) is 5.41 Å². The van der Waals surface area contributed by atoms with Crippen molar-refractivity contribution in [2.24, 2.45) is 11.5 Å². The molecule has 8 heteroatoms. The molecule has 0 aliphatic rings. The molecule has 0 saturated heterocycles. The molecule has 0 unspecified atom stereocenters. The molecule has 3 rings (SSSR count). The molecule has 128 valence electrons. The number of nitrogens with one attached hydrogen (secondary N) is 2. The minimum atomic E-state index is -0.383. The fourth-order valence-corrected chi connectivity index (χ4v) is 2.34. The molecular formula is C17H18N6O2. The van der Waals surface area contributed by atoms with Crippen molar-refractivity contribution in [3.05, 3.63) is 54.0 Å². The zero-order valence-electron chi connectivity index (χ0n) is 13.6. The average Bonchev–Trinajstić information content (AvgIpc) is 3.03. The van der Waals surface area contributed by atoms with Gasteiger partial charge in [0.1, 0.15) is 17.2 Å². The summed E-state index contributed by atoms with van der Waals surface area (Å²) >= 11 is 0. The molecule has 1 amide bonds. The highest BCUT2D eigenvalue weighted by atomic mass is 16.5. The van der Waals surface area contributed by atoms with E-state index in [1.807, 2.05) is 12.1 Å². The van der Waals surface area contributed by atoms with Gasteiger partial charge in [-0.05, 0) is 29.8 Å². The summed E-state index contributed by atoms with van der Waals surface area (Å²) in [6.07, 6.45) is 3.29. The zero-order valence-corrected chi connectivity index (χ0v) is 13.6. The largest absolute Gasteiger partial charge is 0.456 e. The summed E-state index contributed by atoms with van der Waals surface area (Å²) < 4.78 is 5.80. The Hall–Kier alpha value is -3.39. The molecule has 2 heterocycles. The van der Waals surface area contributed by atoms with Crippen molar-refractivity contribution in [2.75, 3.05) is 7.05 Å². The number of nitrogens with two attached hydrogens (primary N) is 2. The number of amides is 1. The minimum Gasteiger partial charge on any atom is -0.456 e. The number of guanidine groups is 1. The number of nitrogens with zero attached hydrogens (tertiary/aromatic N) is 2. The van der Waals surface area contributed by atoms with Gasteiger partial charge in [0.25, 0.3) is 5.91 Å². The molecule has 1 aromatic carbocycles. The van der Waals surface area contributed by atoms with Gasteiger partial charge in [-0.3, -0.25) is 20.1 Å². The Morgan fingerprint density at radius 3 is 2.80 bits per heavy atom. The van der Waals surface area contributed by atoms with E-state index in [0.29, 0.717) is 23.7 Å². The van der Waals surface area contributed by atoms with Crippen LogP contribution < -0.4 is 16.2 Å². The van der Waals surface area contributed by atoms with Crippen LogP contribution in [0.1, 0.15) is 16.1 Å².